The van der Waals surface area contributed by atoms with Crippen LogP contribution in [-0.4, -0.2) is 49.7 Å². The van der Waals surface area contributed by atoms with Crippen LogP contribution in [0.4, 0.5) is 0 Å². The molecule has 2 rings (SSSR count). The fourth-order valence-corrected chi connectivity index (χ4v) is 4.41. The number of sulfonamides is 1. The average Bonchev–Trinajstić information content (AvgIpc) is 2.61. The van der Waals surface area contributed by atoms with Crippen LogP contribution in [0.2, 0.25) is 5.02 Å². The number of halogens is 1. The maximum Gasteiger partial charge on any atom is 0.243 e. The van der Waals surface area contributed by atoms with Crippen LogP contribution in [0.15, 0.2) is 29.2 Å². The van der Waals surface area contributed by atoms with E-state index in [0.29, 0.717) is 24.4 Å². The number of nitriles is 2. The molecule has 0 radical (unpaired) electrons. The second-order valence-corrected chi connectivity index (χ2v) is 8.04. The Labute approximate surface area is 152 Å². The predicted molar refractivity (Wildman–Crippen MR) is 90.7 cm³/mol. The highest BCUT2D eigenvalue weighted by atomic mass is 35.5. The second kappa shape index (κ2) is 8.30. The summed E-state index contributed by atoms with van der Waals surface area (Å²) < 4.78 is 26.8. The van der Waals surface area contributed by atoms with Gasteiger partial charge in [-0.3, -0.25) is 4.79 Å². The number of carbonyl (C=O) groups excluding carboxylic acids is 1. The van der Waals surface area contributed by atoms with E-state index in [9.17, 15) is 13.2 Å². The molecule has 0 aromatic heterocycles. The van der Waals surface area contributed by atoms with E-state index in [0.717, 1.165) is 4.90 Å². The first-order chi connectivity index (χ1) is 11.9. The summed E-state index contributed by atoms with van der Waals surface area (Å²) in [6.45, 7) is -0.0119. The SMILES string of the molecule is N#CCN(CC#N)C(=O)C1CCCN(S(=O)(=O)c2ccc(Cl)cc2)C1. The molecule has 1 saturated heterocycles. The van der Waals surface area contributed by atoms with Gasteiger partial charge in [-0.15, -0.1) is 0 Å². The molecule has 7 nitrogen and oxygen atoms in total. The standard InChI is InChI=1S/C16H17ClN4O3S/c17-14-3-5-15(6-4-14)25(23,24)21-9-1-2-13(12-21)16(22)20(10-7-18)11-8-19/h3-6,13H,1-2,9-12H2. The maximum atomic E-state index is 12.7. The van der Waals surface area contributed by atoms with Crippen molar-refractivity contribution in [2.75, 3.05) is 26.2 Å². The zero-order valence-corrected chi connectivity index (χ0v) is 15.0. The van der Waals surface area contributed by atoms with Gasteiger partial charge in [-0.2, -0.15) is 14.8 Å². The summed E-state index contributed by atoms with van der Waals surface area (Å²) in [5.41, 5.74) is 0. The van der Waals surface area contributed by atoms with Gasteiger partial charge in [0.15, 0.2) is 0 Å². The fraction of sp³-hybridized carbons (Fsp3) is 0.438. The first-order valence-electron chi connectivity index (χ1n) is 7.68. The molecule has 132 valence electrons. The van der Waals surface area contributed by atoms with E-state index in [2.05, 4.69) is 0 Å². The molecule has 0 N–H and O–H groups in total. The van der Waals surface area contributed by atoms with Gasteiger partial charge >= 0.3 is 0 Å². The van der Waals surface area contributed by atoms with Gasteiger partial charge in [0, 0.05) is 18.1 Å². The maximum absolute atomic E-state index is 12.7. The van der Waals surface area contributed by atoms with Gasteiger partial charge in [0.1, 0.15) is 13.1 Å². The summed E-state index contributed by atoms with van der Waals surface area (Å²) in [6.07, 6.45) is 1.06. The second-order valence-electron chi connectivity index (χ2n) is 5.67. The molecular formula is C16H17ClN4O3S. The molecule has 0 spiro atoms. The Morgan fingerprint density at radius 1 is 1.24 bits per heavy atom. The van der Waals surface area contributed by atoms with Crippen LogP contribution in [0.1, 0.15) is 12.8 Å². The highest BCUT2D eigenvalue weighted by molar-refractivity contribution is 7.89. The highest BCUT2D eigenvalue weighted by Gasteiger charge is 2.35. The van der Waals surface area contributed by atoms with Gasteiger partial charge in [-0.05, 0) is 37.1 Å². The monoisotopic (exact) mass is 380 g/mol. The number of benzene rings is 1. The lowest BCUT2D eigenvalue weighted by molar-refractivity contribution is -0.135. The molecule has 1 aliphatic rings. The Kier molecular flexibility index (Phi) is 6.38. The molecule has 0 aliphatic carbocycles. The number of nitrogens with zero attached hydrogens (tertiary/aromatic N) is 4. The first kappa shape index (κ1) is 19.2. The summed E-state index contributed by atoms with van der Waals surface area (Å²) >= 11 is 5.80. The molecule has 1 heterocycles. The minimum atomic E-state index is -3.72. The van der Waals surface area contributed by atoms with Gasteiger partial charge in [0.2, 0.25) is 15.9 Å². The molecule has 1 unspecified atom stereocenters. The summed E-state index contributed by atoms with van der Waals surface area (Å²) in [5.74, 6) is -0.920. The lowest BCUT2D eigenvalue weighted by Gasteiger charge is -2.33. The van der Waals surface area contributed by atoms with E-state index >= 15 is 0 Å². The van der Waals surface area contributed by atoms with Crippen molar-refractivity contribution in [3.63, 3.8) is 0 Å². The van der Waals surface area contributed by atoms with Crippen molar-refractivity contribution >= 4 is 27.5 Å². The molecule has 1 aromatic rings. The third-order valence-electron chi connectivity index (χ3n) is 4.02. The largest absolute Gasteiger partial charge is 0.316 e. The summed E-state index contributed by atoms with van der Waals surface area (Å²) in [5, 5.41) is 18.0. The molecule has 1 fully saturated rings. The lowest BCUT2D eigenvalue weighted by atomic mass is 9.98. The minimum absolute atomic E-state index is 0.0388. The molecule has 1 amide bonds. The van der Waals surface area contributed by atoms with Crippen LogP contribution in [0.25, 0.3) is 0 Å². The number of hydrogen-bond donors (Lipinski definition) is 0. The Balaban J connectivity index is 2.17. The number of carbonyl (C=O) groups is 1. The zero-order chi connectivity index (χ0) is 18.4. The van der Waals surface area contributed by atoms with E-state index in [1.54, 1.807) is 0 Å². The third-order valence-corrected chi connectivity index (χ3v) is 6.15. The van der Waals surface area contributed by atoms with Gasteiger partial charge in [0.05, 0.1) is 23.0 Å². The Bertz CT molecular complexity index is 795. The number of hydrogen-bond acceptors (Lipinski definition) is 5. The summed E-state index contributed by atoms with van der Waals surface area (Å²) in [4.78, 5) is 13.8. The Morgan fingerprint density at radius 2 is 1.84 bits per heavy atom. The van der Waals surface area contributed by atoms with Crippen molar-refractivity contribution in [3.8, 4) is 12.1 Å². The van der Waals surface area contributed by atoms with E-state index in [4.69, 9.17) is 22.1 Å². The van der Waals surface area contributed by atoms with E-state index < -0.39 is 15.9 Å². The van der Waals surface area contributed by atoms with E-state index in [1.165, 1.54) is 28.6 Å². The van der Waals surface area contributed by atoms with Crippen molar-refractivity contribution in [1.29, 1.82) is 10.5 Å². The van der Waals surface area contributed by atoms with Gasteiger partial charge in [-0.25, -0.2) is 8.42 Å². The zero-order valence-electron chi connectivity index (χ0n) is 13.4. The number of rotatable bonds is 5. The molecule has 0 bridgehead atoms. The molecule has 1 aromatic carbocycles. The third kappa shape index (κ3) is 4.49. The van der Waals surface area contributed by atoms with Gasteiger partial charge in [-0.1, -0.05) is 11.6 Å². The van der Waals surface area contributed by atoms with Crippen LogP contribution in [-0.2, 0) is 14.8 Å². The van der Waals surface area contributed by atoms with Gasteiger partial charge in [0.25, 0.3) is 0 Å². The van der Waals surface area contributed by atoms with Crippen LogP contribution < -0.4 is 0 Å². The first-order valence-corrected chi connectivity index (χ1v) is 9.50. The molecule has 1 aliphatic heterocycles. The summed E-state index contributed by atoms with van der Waals surface area (Å²) in [6, 6.07) is 9.58. The van der Waals surface area contributed by atoms with Crippen molar-refractivity contribution in [1.82, 2.24) is 9.21 Å². The van der Waals surface area contributed by atoms with Crippen molar-refractivity contribution in [2.45, 2.75) is 17.7 Å². The van der Waals surface area contributed by atoms with Gasteiger partial charge < -0.3 is 4.90 Å². The minimum Gasteiger partial charge on any atom is -0.316 e. The number of piperidine rings is 1. The normalized spacial score (nSPS) is 18.1. The van der Waals surface area contributed by atoms with Crippen molar-refractivity contribution < 1.29 is 13.2 Å². The number of amides is 1. The predicted octanol–water partition coefficient (Wildman–Crippen LogP) is 1.62. The van der Waals surface area contributed by atoms with Crippen LogP contribution >= 0.6 is 11.6 Å². The highest BCUT2D eigenvalue weighted by Crippen LogP contribution is 2.25. The lowest BCUT2D eigenvalue weighted by Crippen LogP contribution is -2.46. The molecule has 1 atom stereocenters. The molecule has 0 saturated carbocycles. The summed E-state index contributed by atoms with van der Waals surface area (Å²) in [7, 11) is -3.72. The van der Waals surface area contributed by atoms with E-state index in [1.807, 2.05) is 12.1 Å². The van der Waals surface area contributed by atoms with Crippen LogP contribution in [0.3, 0.4) is 0 Å². The molecule has 25 heavy (non-hydrogen) atoms. The average molecular weight is 381 g/mol. The quantitative estimate of drug-likeness (QED) is 0.721. The van der Waals surface area contributed by atoms with Crippen molar-refractivity contribution in [3.05, 3.63) is 29.3 Å². The molecule has 9 heteroatoms. The van der Waals surface area contributed by atoms with Crippen molar-refractivity contribution in [2.24, 2.45) is 5.92 Å². The Hall–Kier alpha value is -2.13. The smallest absolute Gasteiger partial charge is 0.243 e. The fourth-order valence-electron chi connectivity index (χ4n) is 2.76. The molecular weight excluding hydrogens is 364 g/mol. The Morgan fingerprint density at radius 3 is 2.40 bits per heavy atom. The van der Waals surface area contributed by atoms with Crippen LogP contribution in [0.5, 0.6) is 0 Å². The van der Waals surface area contributed by atoms with Crippen LogP contribution in [0, 0.1) is 28.6 Å². The van der Waals surface area contributed by atoms with E-state index in [-0.39, 0.29) is 30.4 Å². The topological polar surface area (TPSA) is 105 Å².